The van der Waals surface area contributed by atoms with E-state index in [0.717, 1.165) is 0 Å². The van der Waals surface area contributed by atoms with Crippen molar-refractivity contribution >= 4 is 0 Å². The molecule has 0 saturated carbocycles. The first kappa shape index (κ1) is 7.33. The minimum Gasteiger partial charge on any atom is -0.0985 e. The second kappa shape index (κ2) is 3.40. The van der Waals surface area contributed by atoms with Crippen molar-refractivity contribution in [1.82, 2.24) is 0 Å². The number of rotatable bonds is 1. The summed E-state index contributed by atoms with van der Waals surface area (Å²) in [5.74, 6) is 0.711. The van der Waals surface area contributed by atoms with Gasteiger partial charge >= 0.3 is 0 Å². The van der Waals surface area contributed by atoms with Gasteiger partial charge in [0.05, 0.1) is 0 Å². The van der Waals surface area contributed by atoms with Crippen LogP contribution >= 0.6 is 0 Å². The minimum atomic E-state index is 0.711. The fourth-order valence-electron chi connectivity index (χ4n) is 1.18. The molecule has 0 aliphatic heterocycles. The zero-order chi connectivity index (χ0) is 7.40. The zero-order valence-corrected chi connectivity index (χ0v) is 6.51. The Balaban J connectivity index is 2.72. The molecule has 54 valence electrons. The van der Waals surface area contributed by atoms with Gasteiger partial charge in [0.1, 0.15) is 0 Å². The Morgan fingerprint density at radius 1 is 1.70 bits per heavy atom. The lowest BCUT2D eigenvalue weighted by Gasteiger charge is -2.00. The lowest BCUT2D eigenvalue weighted by molar-refractivity contribution is 0.661. The molecule has 0 aromatic rings. The highest BCUT2D eigenvalue weighted by Crippen LogP contribution is 2.16. The van der Waals surface area contributed by atoms with Crippen LogP contribution in [0.15, 0.2) is 36.5 Å². The molecule has 1 atom stereocenters. The van der Waals surface area contributed by atoms with Gasteiger partial charge in [0.25, 0.3) is 0 Å². The molecule has 0 spiro atoms. The lowest BCUT2D eigenvalue weighted by Crippen LogP contribution is -1.86. The van der Waals surface area contributed by atoms with Crippen LogP contribution in [0.4, 0.5) is 0 Å². The molecule has 1 aliphatic rings. The summed E-state index contributed by atoms with van der Waals surface area (Å²) < 4.78 is 0. The van der Waals surface area contributed by atoms with E-state index in [2.05, 4.69) is 31.7 Å². The molecule has 0 heteroatoms. The van der Waals surface area contributed by atoms with Gasteiger partial charge in [-0.1, -0.05) is 37.8 Å². The molecule has 0 nitrogen and oxygen atoms in total. The predicted octanol–water partition coefficient (Wildman–Crippen LogP) is 3.08. The van der Waals surface area contributed by atoms with E-state index in [-0.39, 0.29) is 0 Å². The number of hydrogen-bond acceptors (Lipinski definition) is 0. The van der Waals surface area contributed by atoms with Crippen molar-refractivity contribution in [2.45, 2.75) is 19.8 Å². The van der Waals surface area contributed by atoms with E-state index >= 15 is 0 Å². The number of hydrogen-bond donors (Lipinski definition) is 0. The van der Waals surface area contributed by atoms with Crippen molar-refractivity contribution in [2.75, 3.05) is 0 Å². The van der Waals surface area contributed by atoms with Gasteiger partial charge in [-0.15, -0.1) is 0 Å². The summed E-state index contributed by atoms with van der Waals surface area (Å²) in [6.45, 7) is 5.99. The molecule has 1 aliphatic carbocycles. The predicted molar refractivity (Wildman–Crippen MR) is 45.8 cm³/mol. The highest BCUT2D eigenvalue weighted by Gasteiger charge is 1.99. The van der Waals surface area contributed by atoms with Gasteiger partial charge in [0.2, 0.25) is 0 Å². The summed E-state index contributed by atoms with van der Waals surface area (Å²) in [4.78, 5) is 0. The molecule has 0 saturated heterocycles. The fraction of sp³-hybridized carbons (Fsp3) is 0.400. The Bertz CT molecular complexity index is 172. The van der Waals surface area contributed by atoms with Crippen molar-refractivity contribution in [2.24, 2.45) is 5.92 Å². The topological polar surface area (TPSA) is 0 Å². The Labute approximate surface area is 62.9 Å². The van der Waals surface area contributed by atoms with Crippen molar-refractivity contribution in [3.05, 3.63) is 36.5 Å². The van der Waals surface area contributed by atoms with Crippen molar-refractivity contribution in [1.29, 1.82) is 0 Å². The molecule has 0 aromatic carbocycles. The summed E-state index contributed by atoms with van der Waals surface area (Å²) in [6.07, 6.45) is 11.0. The SMILES string of the molecule is C=CC1=CC(C)CCC=C1. The van der Waals surface area contributed by atoms with Crippen LogP contribution in [-0.2, 0) is 0 Å². The lowest BCUT2D eigenvalue weighted by atomic mass is 10.1. The van der Waals surface area contributed by atoms with Crippen LogP contribution in [-0.4, -0.2) is 0 Å². The highest BCUT2D eigenvalue weighted by atomic mass is 14.1. The van der Waals surface area contributed by atoms with Crippen molar-refractivity contribution in [3.8, 4) is 0 Å². The van der Waals surface area contributed by atoms with E-state index in [4.69, 9.17) is 0 Å². The highest BCUT2D eigenvalue weighted by molar-refractivity contribution is 5.30. The normalized spacial score (nSPS) is 25.3. The average Bonchev–Trinajstić information content (AvgIpc) is 2.13. The summed E-state index contributed by atoms with van der Waals surface area (Å²) >= 11 is 0. The van der Waals surface area contributed by atoms with Gasteiger partial charge in [-0.2, -0.15) is 0 Å². The van der Waals surface area contributed by atoms with Crippen LogP contribution in [0.25, 0.3) is 0 Å². The molecule has 0 fully saturated rings. The fourth-order valence-corrected chi connectivity index (χ4v) is 1.18. The molecule has 10 heavy (non-hydrogen) atoms. The van der Waals surface area contributed by atoms with Gasteiger partial charge in [0, 0.05) is 0 Å². The third-order valence-corrected chi connectivity index (χ3v) is 1.81. The molecule has 0 N–H and O–H groups in total. The quantitative estimate of drug-likeness (QED) is 0.517. The first-order chi connectivity index (χ1) is 4.83. The van der Waals surface area contributed by atoms with Gasteiger partial charge in [0.15, 0.2) is 0 Å². The molecule has 0 heterocycles. The second-order valence-corrected chi connectivity index (χ2v) is 2.83. The van der Waals surface area contributed by atoms with Crippen LogP contribution in [0.2, 0.25) is 0 Å². The smallest absolute Gasteiger partial charge is 0.0250 e. The van der Waals surface area contributed by atoms with Crippen LogP contribution in [0.3, 0.4) is 0 Å². The monoisotopic (exact) mass is 134 g/mol. The average molecular weight is 134 g/mol. The van der Waals surface area contributed by atoms with Gasteiger partial charge in [-0.3, -0.25) is 0 Å². The van der Waals surface area contributed by atoms with E-state index < -0.39 is 0 Å². The third kappa shape index (κ3) is 1.87. The summed E-state index contributed by atoms with van der Waals surface area (Å²) in [7, 11) is 0. The molecule has 0 radical (unpaired) electrons. The standard InChI is InChI=1S/C10H14/c1-3-10-7-5-4-6-9(2)8-10/h3,5,7-9H,1,4,6H2,2H3. The first-order valence-corrected chi connectivity index (χ1v) is 3.83. The zero-order valence-electron chi connectivity index (χ0n) is 6.51. The molecule has 0 aromatic heterocycles. The Morgan fingerprint density at radius 2 is 2.50 bits per heavy atom. The molecule has 1 unspecified atom stereocenters. The minimum absolute atomic E-state index is 0.711. The van der Waals surface area contributed by atoms with Crippen molar-refractivity contribution < 1.29 is 0 Å². The molecule has 1 rings (SSSR count). The van der Waals surface area contributed by atoms with E-state index in [1.807, 2.05) is 6.08 Å². The van der Waals surface area contributed by atoms with Gasteiger partial charge in [-0.05, 0) is 24.3 Å². The van der Waals surface area contributed by atoms with Gasteiger partial charge < -0.3 is 0 Å². The van der Waals surface area contributed by atoms with Crippen LogP contribution < -0.4 is 0 Å². The van der Waals surface area contributed by atoms with Crippen LogP contribution in [0.5, 0.6) is 0 Å². The van der Waals surface area contributed by atoms with Gasteiger partial charge in [-0.25, -0.2) is 0 Å². The third-order valence-electron chi connectivity index (χ3n) is 1.81. The van der Waals surface area contributed by atoms with Crippen molar-refractivity contribution in [3.63, 3.8) is 0 Å². The maximum absolute atomic E-state index is 3.74. The number of allylic oxidation sites excluding steroid dienone is 5. The maximum Gasteiger partial charge on any atom is -0.0250 e. The Kier molecular flexibility index (Phi) is 2.49. The van der Waals surface area contributed by atoms with E-state index in [0.29, 0.717) is 5.92 Å². The van der Waals surface area contributed by atoms with E-state index in [9.17, 15) is 0 Å². The molecular weight excluding hydrogens is 120 g/mol. The maximum atomic E-state index is 3.74. The Hall–Kier alpha value is -0.780. The molecule has 0 bridgehead atoms. The molecule has 0 amide bonds. The van der Waals surface area contributed by atoms with E-state index in [1.54, 1.807) is 0 Å². The second-order valence-electron chi connectivity index (χ2n) is 2.83. The van der Waals surface area contributed by atoms with E-state index in [1.165, 1.54) is 18.4 Å². The van der Waals surface area contributed by atoms with Crippen LogP contribution in [0.1, 0.15) is 19.8 Å². The Morgan fingerprint density at radius 3 is 3.20 bits per heavy atom. The molecular formula is C10H14. The largest absolute Gasteiger partial charge is 0.0985 e. The van der Waals surface area contributed by atoms with Crippen LogP contribution in [0, 0.1) is 5.92 Å². The summed E-state index contributed by atoms with van der Waals surface area (Å²) in [5, 5.41) is 0. The summed E-state index contributed by atoms with van der Waals surface area (Å²) in [6, 6.07) is 0. The summed E-state index contributed by atoms with van der Waals surface area (Å²) in [5.41, 5.74) is 1.27. The first-order valence-electron chi connectivity index (χ1n) is 3.83.